The number of carboxylic acid groups (broad SMARTS) is 2. The second-order valence-corrected chi connectivity index (χ2v) is 8.17. The van der Waals surface area contributed by atoms with Crippen LogP contribution in [0.1, 0.15) is 46.4 Å². The lowest BCUT2D eigenvalue weighted by Crippen LogP contribution is -2.00. The van der Waals surface area contributed by atoms with Crippen LogP contribution in [0.2, 0.25) is 0 Å². The highest BCUT2D eigenvalue weighted by atomic mass is 16.5. The second kappa shape index (κ2) is 10.7. The number of rotatable bonds is 11. The fourth-order valence-corrected chi connectivity index (χ4v) is 3.83. The first-order valence-corrected chi connectivity index (χ1v) is 11.3. The van der Waals surface area contributed by atoms with Crippen molar-refractivity contribution in [3.63, 3.8) is 0 Å². The molecule has 0 amide bonds. The van der Waals surface area contributed by atoms with E-state index in [4.69, 9.17) is 19.7 Å². The van der Waals surface area contributed by atoms with Gasteiger partial charge in [0.25, 0.3) is 0 Å². The third kappa shape index (κ3) is 5.84. The highest BCUT2D eigenvalue weighted by Gasteiger charge is 2.06. The third-order valence-electron chi connectivity index (χ3n) is 5.69. The van der Waals surface area contributed by atoms with Gasteiger partial charge < -0.3 is 19.7 Å². The molecular formula is C28H26O6. The average molecular weight is 459 g/mol. The van der Waals surface area contributed by atoms with Gasteiger partial charge in [-0.1, -0.05) is 24.3 Å². The molecule has 0 aliphatic rings. The van der Waals surface area contributed by atoms with Gasteiger partial charge in [0.1, 0.15) is 11.5 Å². The molecule has 0 heterocycles. The number of hydrogen-bond acceptors (Lipinski definition) is 4. The van der Waals surface area contributed by atoms with Gasteiger partial charge in [-0.05, 0) is 95.8 Å². The maximum atomic E-state index is 11.1. The molecule has 6 heteroatoms. The first-order chi connectivity index (χ1) is 16.5. The zero-order chi connectivity index (χ0) is 23.9. The quantitative estimate of drug-likeness (QED) is 0.252. The highest BCUT2D eigenvalue weighted by molar-refractivity contribution is 5.95. The maximum absolute atomic E-state index is 11.1. The molecule has 0 radical (unpaired) electrons. The van der Waals surface area contributed by atoms with E-state index in [1.54, 1.807) is 36.4 Å². The van der Waals surface area contributed by atoms with E-state index in [2.05, 4.69) is 0 Å². The lowest BCUT2D eigenvalue weighted by molar-refractivity contribution is 0.0686. The van der Waals surface area contributed by atoms with Crippen LogP contribution in [-0.2, 0) is 0 Å². The molecule has 6 nitrogen and oxygen atoms in total. The Morgan fingerprint density at radius 2 is 0.912 bits per heavy atom. The summed E-state index contributed by atoms with van der Waals surface area (Å²) in [4.78, 5) is 22.2. The van der Waals surface area contributed by atoms with Crippen LogP contribution in [0.15, 0.2) is 72.8 Å². The van der Waals surface area contributed by atoms with Crippen molar-refractivity contribution in [1.29, 1.82) is 0 Å². The van der Waals surface area contributed by atoms with Gasteiger partial charge in [0.05, 0.1) is 24.3 Å². The standard InChI is InChI=1S/C28H26O6/c29-27(30)23-7-5-21-17-25(11-9-19(21)15-23)33-13-3-1-2-4-14-34-26-12-10-20-16-24(28(31)32)8-6-22(20)18-26/h5-12,15-18H,1-4,13-14H2,(H,29,30)(H,31,32). The number of carboxylic acids is 2. The van der Waals surface area contributed by atoms with Crippen molar-refractivity contribution in [2.45, 2.75) is 25.7 Å². The summed E-state index contributed by atoms with van der Waals surface area (Å²) in [6, 6.07) is 21.5. The van der Waals surface area contributed by atoms with Crippen LogP contribution in [0.5, 0.6) is 11.5 Å². The summed E-state index contributed by atoms with van der Waals surface area (Å²) in [6.07, 6.45) is 3.96. The van der Waals surface area contributed by atoms with Crippen LogP contribution in [0.25, 0.3) is 21.5 Å². The Labute approximate surface area is 197 Å². The number of fused-ring (bicyclic) bond motifs is 2. The normalized spacial score (nSPS) is 10.9. The second-order valence-electron chi connectivity index (χ2n) is 8.17. The predicted octanol–water partition coefficient (Wildman–Crippen LogP) is 6.41. The Hall–Kier alpha value is -4.06. The minimum Gasteiger partial charge on any atom is -0.494 e. The number of unbranched alkanes of at least 4 members (excludes halogenated alkanes) is 3. The van der Waals surface area contributed by atoms with E-state index in [0.717, 1.165) is 58.7 Å². The van der Waals surface area contributed by atoms with Crippen LogP contribution < -0.4 is 9.47 Å². The minimum absolute atomic E-state index is 0.278. The zero-order valence-corrected chi connectivity index (χ0v) is 18.7. The molecule has 174 valence electrons. The van der Waals surface area contributed by atoms with Gasteiger partial charge in [0, 0.05) is 0 Å². The summed E-state index contributed by atoms with van der Waals surface area (Å²) in [5, 5.41) is 21.8. The van der Waals surface area contributed by atoms with E-state index >= 15 is 0 Å². The number of ether oxygens (including phenoxy) is 2. The number of carbonyl (C=O) groups is 2. The molecule has 0 saturated heterocycles. The summed E-state index contributed by atoms with van der Waals surface area (Å²) in [5.41, 5.74) is 0.556. The molecule has 0 aliphatic carbocycles. The highest BCUT2D eigenvalue weighted by Crippen LogP contribution is 2.24. The minimum atomic E-state index is -0.930. The molecule has 0 aliphatic heterocycles. The average Bonchev–Trinajstić information content (AvgIpc) is 2.84. The van der Waals surface area contributed by atoms with Gasteiger partial charge in [-0.3, -0.25) is 0 Å². The van der Waals surface area contributed by atoms with E-state index in [9.17, 15) is 9.59 Å². The molecule has 0 atom stereocenters. The molecule has 0 unspecified atom stereocenters. The Balaban J connectivity index is 1.15. The molecule has 0 aromatic heterocycles. The molecule has 0 saturated carbocycles. The molecule has 4 aromatic rings. The predicted molar refractivity (Wildman–Crippen MR) is 131 cm³/mol. The van der Waals surface area contributed by atoms with E-state index in [1.165, 1.54) is 0 Å². The largest absolute Gasteiger partial charge is 0.494 e. The number of benzene rings is 4. The van der Waals surface area contributed by atoms with Crippen LogP contribution in [0.4, 0.5) is 0 Å². The van der Waals surface area contributed by atoms with Gasteiger partial charge in [-0.25, -0.2) is 9.59 Å². The Kier molecular flexibility index (Phi) is 7.28. The van der Waals surface area contributed by atoms with Crippen LogP contribution in [0, 0.1) is 0 Å². The Morgan fingerprint density at radius 3 is 1.32 bits per heavy atom. The third-order valence-corrected chi connectivity index (χ3v) is 5.69. The molecule has 0 bridgehead atoms. The van der Waals surface area contributed by atoms with Gasteiger partial charge in [0.15, 0.2) is 0 Å². The summed E-state index contributed by atoms with van der Waals surface area (Å²) in [6.45, 7) is 1.26. The van der Waals surface area contributed by atoms with E-state index in [0.29, 0.717) is 13.2 Å². The molecule has 2 N–H and O–H groups in total. The van der Waals surface area contributed by atoms with Gasteiger partial charge in [-0.15, -0.1) is 0 Å². The van der Waals surface area contributed by atoms with Crippen molar-refractivity contribution in [1.82, 2.24) is 0 Å². The van der Waals surface area contributed by atoms with Gasteiger partial charge in [-0.2, -0.15) is 0 Å². The lowest BCUT2D eigenvalue weighted by atomic mass is 10.1. The molecule has 0 fully saturated rings. The van der Waals surface area contributed by atoms with Crippen molar-refractivity contribution in [2.24, 2.45) is 0 Å². The Bertz CT molecular complexity index is 1220. The smallest absolute Gasteiger partial charge is 0.335 e. The molecule has 0 spiro atoms. The Morgan fingerprint density at radius 1 is 0.529 bits per heavy atom. The van der Waals surface area contributed by atoms with Crippen LogP contribution in [0.3, 0.4) is 0 Å². The fourth-order valence-electron chi connectivity index (χ4n) is 3.83. The van der Waals surface area contributed by atoms with E-state index < -0.39 is 11.9 Å². The van der Waals surface area contributed by atoms with Crippen molar-refractivity contribution in [2.75, 3.05) is 13.2 Å². The molecule has 4 aromatic carbocycles. The number of hydrogen-bond donors (Lipinski definition) is 2. The summed E-state index contributed by atoms with van der Waals surface area (Å²) < 4.78 is 11.7. The number of aromatic carboxylic acids is 2. The van der Waals surface area contributed by atoms with E-state index in [-0.39, 0.29) is 11.1 Å². The maximum Gasteiger partial charge on any atom is 0.335 e. The van der Waals surface area contributed by atoms with Crippen molar-refractivity contribution in [3.05, 3.63) is 83.9 Å². The SMILES string of the molecule is O=C(O)c1ccc2cc(OCCCCCCOc3ccc4cc(C(=O)O)ccc4c3)ccc2c1. The van der Waals surface area contributed by atoms with Gasteiger partial charge >= 0.3 is 11.9 Å². The first-order valence-electron chi connectivity index (χ1n) is 11.3. The summed E-state index contributed by atoms with van der Waals surface area (Å²) in [5.74, 6) is -0.293. The topological polar surface area (TPSA) is 93.1 Å². The summed E-state index contributed by atoms with van der Waals surface area (Å²) >= 11 is 0. The zero-order valence-electron chi connectivity index (χ0n) is 18.7. The van der Waals surface area contributed by atoms with Crippen LogP contribution >= 0.6 is 0 Å². The lowest BCUT2D eigenvalue weighted by Gasteiger charge is -2.09. The fraction of sp³-hybridized carbons (Fsp3) is 0.214. The van der Waals surface area contributed by atoms with E-state index in [1.807, 2.05) is 36.4 Å². The summed E-state index contributed by atoms with van der Waals surface area (Å²) in [7, 11) is 0. The monoisotopic (exact) mass is 458 g/mol. The van der Waals surface area contributed by atoms with Gasteiger partial charge in [0.2, 0.25) is 0 Å². The first kappa shape index (κ1) is 23.1. The van der Waals surface area contributed by atoms with Crippen LogP contribution in [-0.4, -0.2) is 35.4 Å². The van der Waals surface area contributed by atoms with Crippen molar-refractivity contribution in [3.8, 4) is 11.5 Å². The molecule has 4 rings (SSSR count). The van der Waals surface area contributed by atoms with Crippen molar-refractivity contribution < 1.29 is 29.3 Å². The molecule has 34 heavy (non-hydrogen) atoms. The van der Waals surface area contributed by atoms with Crippen molar-refractivity contribution >= 4 is 33.5 Å². The molecular weight excluding hydrogens is 432 g/mol.